The SMILES string of the molecule is O=C(Cn1cnc2ccccc21)NCc1ncn[nH]1. The molecule has 0 unspecified atom stereocenters. The Hall–Kier alpha value is -2.70. The van der Waals surface area contributed by atoms with Gasteiger partial charge in [-0.05, 0) is 12.1 Å². The Morgan fingerprint density at radius 1 is 1.32 bits per heavy atom. The normalized spacial score (nSPS) is 10.7. The quantitative estimate of drug-likeness (QED) is 0.710. The van der Waals surface area contributed by atoms with Gasteiger partial charge in [0, 0.05) is 0 Å². The fraction of sp³-hybridized carbons (Fsp3) is 0.167. The van der Waals surface area contributed by atoms with Gasteiger partial charge >= 0.3 is 0 Å². The first-order valence-corrected chi connectivity index (χ1v) is 5.84. The van der Waals surface area contributed by atoms with Gasteiger partial charge in [-0.1, -0.05) is 12.1 Å². The van der Waals surface area contributed by atoms with E-state index in [-0.39, 0.29) is 12.5 Å². The van der Waals surface area contributed by atoms with Gasteiger partial charge in [-0.25, -0.2) is 9.97 Å². The van der Waals surface area contributed by atoms with E-state index in [1.54, 1.807) is 6.33 Å². The Bertz CT molecular complexity index is 687. The third-order valence-corrected chi connectivity index (χ3v) is 2.76. The highest BCUT2D eigenvalue weighted by molar-refractivity contribution is 5.80. The second kappa shape index (κ2) is 4.89. The molecule has 1 amide bonds. The van der Waals surface area contributed by atoms with Crippen molar-refractivity contribution in [3.63, 3.8) is 0 Å². The van der Waals surface area contributed by atoms with Crippen molar-refractivity contribution >= 4 is 16.9 Å². The Balaban J connectivity index is 1.66. The van der Waals surface area contributed by atoms with Crippen LogP contribution in [0.15, 0.2) is 36.9 Å². The van der Waals surface area contributed by atoms with Crippen molar-refractivity contribution in [2.24, 2.45) is 0 Å². The molecule has 96 valence electrons. The molecule has 2 aromatic heterocycles. The summed E-state index contributed by atoms with van der Waals surface area (Å²) >= 11 is 0. The molecule has 0 saturated carbocycles. The summed E-state index contributed by atoms with van der Waals surface area (Å²) in [6.45, 7) is 0.570. The minimum Gasteiger partial charge on any atom is -0.347 e. The molecule has 0 aliphatic carbocycles. The van der Waals surface area contributed by atoms with Gasteiger partial charge in [-0.15, -0.1) is 0 Å². The smallest absolute Gasteiger partial charge is 0.240 e. The summed E-state index contributed by atoms with van der Waals surface area (Å²) < 4.78 is 1.81. The van der Waals surface area contributed by atoms with Gasteiger partial charge in [0.1, 0.15) is 18.7 Å². The first-order chi connectivity index (χ1) is 9.33. The third-order valence-electron chi connectivity index (χ3n) is 2.76. The number of rotatable bonds is 4. The summed E-state index contributed by atoms with van der Waals surface area (Å²) in [6.07, 6.45) is 3.07. The highest BCUT2D eigenvalue weighted by atomic mass is 16.1. The van der Waals surface area contributed by atoms with Crippen molar-refractivity contribution in [3.05, 3.63) is 42.7 Å². The lowest BCUT2D eigenvalue weighted by atomic mass is 10.3. The number of carbonyl (C=O) groups is 1. The van der Waals surface area contributed by atoms with E-state index in [1.807, 2.05) is 28.8 Å². The van der Waals surface area contributed by atoms with Crippen LogP contribution in [-0.4, -0.2) is 30.6 Å². The first-order valence-electron chi connectivity index (χ1n) is 5.84. The van der Waals surface area contributed by atoms with Crippen molar-refractivity contribution in [2.45, 2.75) is 13.1 Å². The van der Waals surface area contributed by atoms with E-state index < -0.39 is 0 Å². The van der Waals surface area contributed by atoms with Crippen molar-refractivity contribution in [1.29, 1.82) is 0 Å². The second-order valence-corrected chi connectivity index (χ2v) is 4.07. The van der Waals surface area contributed by atoms with Crippen molar-refractivity contribution in [1.82, 2.24) is 30.0 Å². The van der Waals surface area contributed by atoms with Gasteiger partial charge < -0.3 is 9.88 Å². The molecule has 3 rings (SSSR count). The molecule has 19 heavy (non-hydrogen) atoms. The van der Waals surface area contributed by atoms with E-state index in [1.165, 1.54) is 6.33 Å². The Morgan fingerprint density at radius 2 is 2.21 bits per heavy atom. The number of fused-ring (bicyclic) bond motifs is 1. The summed E-state index contributed by atoms with van der Waals surface area (Å²) in [5.41, 5.74) is 1.82. The van der Waals surface area contributed by atoms with Gasteiger partial charge in [0.2, 0.25) is 5.91 Å². The van der Waals surface area contributed by atoms with E-state index in [2.05, 4.69) is 25.5 Å². The molecule has 2 N–H and O–H groups in total. The molecule has 3 aromatic rings. The van der Waals surface area contributed by atoms with E-state index in [0.717, 1.165) is 11.0 Å². The lowest BCUT2D eigenvalue weighted by Gasteiger charge is -2.05. The summed E-state index contributed by atoms with van der Waals surface area (Å²) in [7, 11) is 0. The molecule has 0 bridgehead atoms. The number of hydrogen-bond acceptors (Lipinski definition) is 4. The Labute approximate surface area is 108 Å². The number of aromatic amines is 1. The molecule has 7 heteroatoms. The molecule has 0 spiro atoms. The highest BCUT2D eigenvalue weighted by Crippen LogP contribution is 2.11. The van der Waals surface area contributed by atoms with Crippen LogP contribution in [0.25, 0.3) is 11.0 Å². The maximum Gasteiger partial charge on any atom is 0.240 e. The Morgan fingerprint density at radius 3 is 3.05 bits per heavy atom. The van der Waals surface area contributed by atoms with E-state index >= 15 is 0 Å². The van der Waals surface area contributed by atoms with Crippen LogP contribution >= 0.6 is 0 Å². The van der Waals surface area contributed by atoms with Crippen LogP contribution in [0.1, 0.15) is 5.82 Å². The zero-order valence-corrected chi connectivity index (χ0v) is 10.1. The van der Waals surface area contributed by atoms with Crippen LogP contribution in [0, 0.1) is 0 Å². The fourth-order valence-corrected chi connectivity index (χ4v) is 1.85. The molecule has 0 radical (unpaired) electrons. The van der Waals surface area contributed by atoms with E-state index in [9.17, 15) is 4.79 Å². The number of amides is 1. The van der Waals surface area contributed by atoms with Crippen LogP contribution in [0.3, 0.4) is 0 Å². The van der Waals surface area contributed by atoms with E-state index in [4.69, 9.17) is 0 Å². The van der Waals surface area contributed by atoms with Gasteiger partial charge in [0.15, 0.2) is 0 Å². The van der Waals surface area contributed by atoms with Gasteiger partial charge in [0.25, 0.3) is 0 Å². The minimum atomic E-state index is -0.0976. The van der Waals surface area contributed by atoms with Gasteiger partial charge in [-0.2, -0.15) is 5.10 Å². The minimum absolute atomic E-state index is 0.0976. The number of imidazole rings is 1. The largest absolute Gasteiger partial charge is 0.347 e. The lowest BCUT2D eigenvalue weighted by Crippen LogP contribution is -2.27. The van der Waals surface area contributed by atoms with Crippen molar-refractivity contribution in [3.8, 4) is 0 Å². The zero-order valence-electron chi connectivity index (χ0n) is 10.1. The molecule has 0 fully saturated rings. The first kappa shape index (κ1) is 11.4. The standard InChI is InChI=1S/C12H12N6O/c19-12(13-5-11-14-7-16-17-11)6-18-8-15-9-3-1-2-4-10(9)18/h1-4,7-8H,5-6H2,(H,13,19)(H,14,16,17). The fourth-order valence-electron chi connectivity index (χ4n) is 1.85. The highest BCUT2D eigenvalue weighted by Gasteiger charge is 2.07. The van der Waals surface area contributed by atoms with E-state index in [0.29, 0.717) is 12.4 Å². The monoisotopic (exact) mass is 256 g/mol. The summed E-state index contributed by atoms with van der Waals surface area (Å²) in [4.78, 5) is 20.0. The number of nitrogens with zero attached hydrogens (tertiary/aromatic N) is 4. The average molecular weight is 256 g/mol. The van der Waals surface area contributed by atoms with Crippen molar-refractivity contribution < 1.29 is 4.79 Å². The number of aromatic nitrogens is 5. The maximum absolute atomic E-state index is 11.8. The van der Waals surface area contributed by atoms with Crippen LogP contribution < -0.4 is 5.32 Å². The van der Waals surface area contributed by atoms with Crippen molar-refractivity contribution in [2.75, 3.05) is 0 Å². The molecule has 1 aromatic carbocycles. The summed E-state index contributed by atoms with van der Waals surface area (Å²) in [5, 5.41) is 9.17. The number of carbonyl (C=O) groups excluding carboxylic acids is 1. The summed E-state index contributed by atoms with van der Waals surface area (Å²) in [6, 6.07) is 7.70. The topological polar surface area (TPSA) is 88.5 Å². The van der Waals surface area contributed by atoms with Crippen LogP contribution in [-0.2, 0) is 17.9 Å². The maximum atomic E-state index is 11.8. The molecular formula is C12H12N6O. The van der Waals surface area contributed by atoms with Gasteiger partial charge in [0.05, 0.1) is 23.9 Å². The predicted octanol–water partition coefficient (Wildman–Crippen LogP) is 0.471. The Kier molecular flexibility index (Phi) is 2.93. The molecular weight excluding hydrogens is 244 g/mol. The van der Waals surface area contributed by atoms with Crippen LogP contribution in [0.2, 0.25) is 0 Å². The molecule has 0 aliphatic rings. The molecule has 7 nitrogen and oxygen atoms in total. The average Bonchev–Trinajstić information content (AvgIpc) is 3.07. The van der Waals surface area contributed by atoms with Crippen LogP contribution in [0.4, 0.5) is 0 Å². The number of H-pyrrole nitrogens is 1. The molecule has 0 atom stereocenters. The number of nitrogens with one attached hydrogen (secondary N) is 2. The predicted molar refractivity (Wildman–Crippen MR) is 68.0 cm³/mol. The third kappa shape index (κ3) is 2.44. The molecule has 0 aliphatic heterocycles. The lowest BCUT2D eigenvalue weighted by molar-refractivity contribution is -0.121. The van der Waals surface area contributed by atoms with Gasteiger partial charge in [-0.3, -0.25) is 9.89 Å². The number of hydrogen-bond donors (Lipinski definition) is 2. The number of para-hydroxylation sites is 2. The molecule has 0 saturated heterocycles. The van der Waals surface area contributed by atoms with Crippen LogP contribution in [0.5, 0.6) is 0 Å². The zero-order chi connectivity index (χ0) is 13.1. The number of benzene rings is 1. The second-order valence-electron chi connectivity index (χ2n) is 4.07. The molecule has 2 heterocycles. The summed E-state index contributed by atoms with van der Waals surface area (Å²) in [5.74, 6) is 0.531.